The summed E-state index contributed by atoms with van der Waals surface area (Å²) in [6, 6.07) is 10.1. The second-order valence-corrected chi connectivity index (χ2v) is 7.70. The number of halogens is 3. The molecule has 0 bridgehead atoms. The molecule has 4 rings (SSSR count). The van der Waals surface area contributed by atoms with E-state index in [0.29, 0.717) is 17.7 Å². The Kier molecular flexibility index (Phi) is 6.99. The number of aryl methyl sites for hydroxylation is 1. The minimum absolute atomic E-state index is 0.0167. The molecule has 2 aromatic rings. The molecule has 7 nitrogen and oxygen atoms in total. The van der Waals surface area contributed by atoms with Crippen molar-refractivity contribution >= 4 is 11.9 Å². The van der Waals surface area contributed by atoms with Crippen molar-refractivity contribution in [2.75, 3.05) is 19.6 Å². The molecule has 2 aliphatic rings. The lowest BCUT2D eigenvalue weighted by atomic mass is 9.92. The van der Waals surface area contributed by atoms with E-state index >= 15 is 0 Å². The van der Waals surface area contributed by atoms with E-state index in [0.717, 1.165) is 37.6 Å². The SMILES string of the molecule is Cc1cccc(CN2CCC[C@@H]3CN(C(=O)c4ccco4)C[C@@H]32)n1.O=C(O)C(F)(F)F. The lowest BCUT2D eigenvalue weighted by Gasteiger charge is -2.36. The van der Waals surface area contributed by atoms with Crippen LogP contribution in [0.3, 0.4) is 0 Å². The van der Waals surface area contributed by atoms with E-state index in [-0.39, 0.29) is 5.91 Å². The summed E-state index contributed by atoms with van der Waals surface area (Å²) in [6.45, 7) is 5.60. The smallest absolute Gasteiger partial charge is 0.475 e. The molecular weight excluding hydrogens is 415 g/mol. The highest BCUT2D eigenvalue weighted by atomic mass is 19.4. The molecule has 0 unspecified atom stereocenters. The summed E-state index contributed by atoms with van der Waals surface area (Å²) in [6.07, 6.45) is -1.13. The monoisotopic (exact) mass is 439 g/mol. The van der Waals surface area contributed by atoms with Crippen LogP contribution in [0.15, 0.2) is 41.0 Å². The van der Waals surface area contributed by atoms with Crippen molar-refractivity contribution in [3.8, 4) is 0 Å². The Bertz CT molecular complexity index is 902. The van der Waals surface area contributed by atoms with Gasteiger partial charge in [-0.2, -0.15) is 13.2 Å². The van der Waals surface area contributed by atoms with Gasteiger partial charge in [-0.1, -0.05) is 6.07 Å². The van der Waals surface area contributed by atoms with Crippen molar-refractivity contribution in [1.29, 1.82) is 0 Å². The second kappa shape index (κ2) is 9.51. The number of rotatable bonds is 3. The first-order valence-electron chi connectivity index (χ1n) is 9.94. The number of fused-ring (bicyclic) bond motifs is 1. The Morgan fingerprint density at radius 3 is 2.58 bits per heavy atom. The first-order chi connectivity index (χ1) is 14.6. The van der Waals surface area contributed by atoms with Crippen molar-refractivity contribution in [3.63, 3.8) is 0 Å². The van der Waals surface area contributed by atoms with Crippen LogP contribution in [-0.2, 0) is 11.3 Å². The zero-order valence-electron chi connectivity index (χ0n) is 17.0. The maximum absolute atomic E-state index is 12.6. The van der Waals surface area contributed by atoms with E-state index in [4.69, 9.17) is 14.3 Å². The van der Waals surface area contributed by atoms with E-state index in [1.807, 2.05) is 17.9 Å². The molecule has 0 radical (unpaired) electrons. The fourth-order valence-electron chi connectivity index (χ4n) is 4.09. The van der Waals surface area contributed by atoms with Crippen molar-refractivity contribution in [1.82, 2.24) is 14.8 Å². The molecular formula is C21H24F3N3O4. The number of aliphatic carboxylic acids is 1. The van der Waals surface area contributed by atoms with E-state index in [2.05, 4.69) is 22.0 Å². The number of hydrogen-bond donors (Lipinski definition) is 1. The summed E-state index contributed by atoms with van der Waals surface area (Å²) in [4.78, 5) is 30.6. The van der Waals surface area contributed by atoms with Crippen LogP contribution in [0.4, 0.5) is 13.2 Å². The van der Waals surface area contributed by atoms with E-state index in [9.17, 15) is 18.0 Å². The average Bonchev–Trinajstić information content (AvgIpc) is 3.38. The molecule has 1 amide bonds. The molecule has 0 saturated carbocycles. The summed E-state index contributed by atoms with van der Waals surface area (Å²) in [7, 11) is 0. The number of amides is 1. The number of carbonyl (C=O) groups excluding carboxylic acids is 1. The van der Waals surface area contributed by atoms with Gasteiger partial charge < -0.3 is 14.4 Å². The summed E-state index contributed by atoms with van der Waals surface area (Å²) in [5.74, 6) is -1.74. The molecule has 10 heteroatoms. The zero-order valence-corrected chi connectivity index (χ0v) is 17.0. The molecule has 2 atom stereocenters. The first-order valence-corrected chi connectivity index (χ1v) is 9.94. The minimum atomic E-state index is -5.08. The molecule has 0 aliphatic carbocycles. The van der Waals surface area contributed by atoms with Crippen LogP contribution in [0.5, 0.6) is 0 Å². The van der Waals surface area contributed by atoms with Crippen molar-refractivity contribution in [3.05, 3.63) is 53.7 Å². The predicted octanol–water partition coefficient (Wildman–Crippen LogP) is 3.35. The first kappa shape index (κ1) is 22.8. The molecule has 4 heterocycles. The Morgan fingerprint density at radius 2 is 1.97 bits per heavy atom. The number of nitrogens with zero attached hydrogens (tertiary/aromatic N) is 3. The number of piperidine rings is 1. The molecule has 2 aliphatic heterocycles. The van der Waals surface area contributed by atoms with Crippen molar-refractivity contribution in [2.45, 2.75) is 38.5 Å². The minimum Gasteiger partial charge on any atom is -0.475 e. The number of pyridine rings is 1. The number of aromatic nitrogens is 1. The number of furan rings is 1. The normalized spacial score (nSPS) is 21.2. The van der Waals surface area contributed by atoms with Crippen molar-refractivity contribution < 1.29 is 32.3 Å². The lowest BCUT2D eigenvalue weighted by Crippen LogP contribution is -2.44. The lowest BCUT2D eigenvalue weighted by molar-refractivity contribution is -0.192. The summed E-state index contributed by atoms with van der Waals surface area (Å²) in [5, 5.41) is 7.12. The maximum Gasteiger partial charge on any atom is 0.490 e. The zero-order chi connectivity index (χ0) is 22.6. The third kappa shape index (κ3) is 5.84. The molecule has 2 aromatic heterocycles. The van der Waals surface area contributed by atoms with E-state index in [1.165, 1.54) is 12.8 Å². The van der Waals surface area contributed by atoms with Gasteiger partial charge in [0.15, 0.2) is 5.76 Å². The molecule has 1 N–H and O–H groups in total. The maximum atomic E-state index is 12.6. The van der Waals surface area contributed by atoms with Crippen LogP contribution in [0.2, 0.25) is 0 Å². The molecule has 2 saturated heterocycles. The Morgan fingerprint density at radius 1 is 1.23 bits per heavy atom. The number of carboxylic acids is 1. The quantitative estimate of drug-likeness (QED) is 0.789. The molecule has 168 valence electrons. The summed E-state index contributed by atoms with van der Waals surface area (Å²) in [5.41, 5.74) is 2.17. The van der Waals surface area contributed by atoms with Gasteiger partial charge >= 0.3 is 12.1 Å². The van der Waals surface area contributed by atoms with Crippen LogP contribution in [0.25, 0.3) is 0 Å². The van der Waals surface area contributed by atoms with Gasteiger partial charge in [-0.05, 0) is 56.5 Å². The van der Waals surface area contributed by atoms with Crippen LogP contribution >= 0.6 is 0 Å². The van der Waals surface area contributed by atoms with Gasteiger partial charge in [-0.3, -0.25) is 14.7 Å². The Hall–Kier alpha value is -2.88. The molecule has 2 fully saturated rings. The summed E-state index contributed by atoms with van der Waals surface area (Å²) < 4.78 is 37.0. The number of likely N-dealkylation sites (tertiary alicyclic amines) is 2. The van der Waals surface area contributed by atoms with Gasteiger partial charge in [0.2, 0.25) is 0 Å². The highest BCUT2D eigenvalue weighted by Crippen LogP contribution is 2.32. The van der Waals surface area contributed by atoms with E-state index < -0.39 is 12.1 Å². The van der Waals surface area contributed by atoms with Crippen molar-refractivity contribution in [2.24, 2.45) is 5.92 Å². The molecule has 31 heavy (non-hydrogen) atoms. The van der Waals surface area contributed by atoms with Crippen LogP contribution in [0, 0.1) is 12.8 Å². The van der Waals surface area contributed by atoms with Crippen LogP contribution < -0.4 is 0 Å². The Labute approximate surface area is 177 Å². The van der Waals surface area contributed by atoms with Gasteiger partial charge in [0.05, 0.1) is 12.0 Å². The summed E-state index contributed by atoms with van der Waals surface area (Å²) >= 11 is 0. The second-order valence-electron chi connectivity index (χ2n) is 7.70. The largest absolute Gasteiger partial charge is 0.490 e. The molecule has 0 spiro atoms. The fourth-order valence-corrected chi connectivity index (χ4v) is 4.09. The predicted molar refractivity (Wildman–Crippen MR) is 104 cm³/mol. The van der Waals surface area contributed by atoms with Gasteiger partial charge in [-0.15, -0.1) is 0 Å². The molecule has 0 aromatic carbocycles. The van der Waals surface area contributed by atoms with Gasteiger partial charge in [-0.25, -0.2) is 4.79 Å². The van der Waals surface area contributed by atoms with Gasteiger partial charge in [0, 0.05) is 31.4 Å². The fraction of sp³-hybridized carbons (Fsp3) is 0.476. The third-order valence-electron chi connectivity index (χ3n) is 5.47. The number of alkyl halides is 3. The van der Waals surface area contributed by atoms with Crippen LogP contribution in [0.1, 0.15) is 34.8 Å². The highest BCUT2D eigenvalue weighted by molar-refractivity contribution is 5.91. The van der Waals surface area contributed by atoms with Crippen LogP contribution in [-0.4, -0.2) is 63.6 Å². The highest BCUT2D eigenvalue weighted by Gasteiger charge is 2.41. The number of carbonyl (C=O) groups is 2. The average molecular weight is 439 g/mol. The number of carboxylic acid groups (broad SMARTS) is 1. The van der Waals surface area contributed by atoms with Gasteiger partial charge in [0.25, 0.3) is 5.91 Å². The third-order valence-corrected chi connectivity index (χ3v) is 5.47. The van der Waals surface area contributed by atoms with Gasteiger partial charge in [0.1, 0.15) is 0 Å². The van der Waals surface area contributed by atoms with E-state index in [1.54, 1.807) is 18.4 Å². The topological polar surface area (TPSA) is 86.9 Å². The Balaban J connectivity index is 0.000000339. The number of hydrogen-bond acceptors (Lipinski definition) is 5. The standard InChI is InChI=1S/C19H23N3O2.C2HF3O2/c1-14-5-2-7-16(20-14)12-21-9-3-6-15-11-22(13-17(15)21)19(23)18-8-4-10-24-18;3-2(4,5)1(6)7/h2,4-5,7-8,10,15,17H,3,6,9,11-13H2,1H3;(H,6,7)/t15-,17+;/m1./s1.